The number of fused-ring (bicyclic) bond motifs is 1. The van der Waals surface area contributed by atoms with E-state index in [4.69, 9.17) is 5.73 Å². The number of hydrogen-bond donors (Lipinski definition) is 1. The molecule has 0 atom stereocenters. The fourth-order valence-corrected chi connectivity index (χ4v) is 2.60. The standard InChI is InChI=1S/C16H26N4/c1-2-3-4-5-6-7-8-9-12-20-15-10-11-18-16(17)14(15)13-19-20/h10-11,13H,2-9,12H2,1H3,(H2,17,18). The molecule has 110 valence electrons. The van der Waals surface area contributed by atoms with Crippen molar-refractivity contribution in [2.45, 2.75) is 64.8 Å². The molecule has 0 aliphatic heterocycles. The Labute approximate surface area is 121 Å². The van der Waals surface area contributed by atoms with Crippen LogP contribution < -0.4 is 5.73 Å². The summed E-state index contributed by atoms with van der Waals surface area (Å²) in [5, 5.41) is 5.38. The maximum Gasteiger partial charge on any atom is 0.134 e. The third-order valence-electron chi connectivity index (χ3n) is 3.83. The van der Waals surface area contributed by atoms with E-state index in [0.29, 0.717) is 5.82 Å². The predicted octanol–water partition coefficient (Wildman–Crippen LogP) is 4.15. The van der Waals surface area contributed by atoms with E-state index in [1.807, 2.05) is 16.9 Å². The smallest absolute Gasteiger partial charge is 0.134 e. The van der Waals surface area contributed by atoms with Gasteiger partial charge in [0, 0.05) is 12.7 Å². The Bertz CT molecular complexity index is 518. The Morgan fingerprint density at radius 3 is 2.50 bits per heavy atom. The second-order valence-electron chi connectivity index (χ2n) is 5.47. The van der Waals surface area contributed by atoms with Crippen LogP contribution in [-0.2, 0) is 6.54 Å². The summed E-state index contributed by atoms with van der Waals surface area (Å²) in [6.45, 7) is 3.23. The van der Waals surface area contributed by atoms with Crippen molar-refractivity contribution in [1.82, 2.24) is 14.8 Å². The Balaban J connectivity index is 1.70. The third kappa shape index (κ3) is 3.95. The Hall–Kier alpha value is -1.58. The van der Waals surface area contributed by atoms with Crippen LogP contribution in [0.4, 0.5) is 5.82 Å². The molecule has 0 amide bonds. The van der Waals surface area contributed by atoms with Gasteiger partial charge in [0.2, 0.25) is 0 Å². The summed E-state index contributed by atoms with van der Waals surface area (Å²) in [5.74, 6) is 0.574. The molecule has 0 aliphatic rings. The van der Waals surface area contributed by atoms with Crippen LogP contribution in [0.2, 0.25) is 0 Å². The molecular formula is C16H26N4. The number of pyridine rings is 1. The van der Waals surface area contributed by atoms with Crippen molar-refractivity contribution >= 4 is 16.7 Å². The van der Waals surface area contributed by atoms with Gasteiger partial charge in [0.25, 0.3) is 0 Å². The van der Waals surface area contributed by atoms with E-state index in [2.05, 4.69) is 17.0 Å². The maximum atomic E-state index is 5.84. The van der Waals surface area contributed by atoms with Crippen LogP contribution >= 0.6 is 0 Å². The van der Waals surface area contributed by atoms with E-state index in [9.17, 15) is 0 Å². The zero-order valence-corrected chi connectivity index (χ0v) is 12.5. The molecule has 0 radical (unpaired) electrons. The number of aryl methyl sites for hydroxylation is 1. The molecule has 0 bridgehead atoms. The minimum atomic E-state index is 0.574. The average molecular weight is 274 g/mol. The molecule has 2 aromatic rings. The molecule has 2 N–H and O–H groups in total. The van der Waals surface area contributed by atoms with Gasteiger partial charge in [-0.1, -0.05) is 51.9 Å². The first-order valence-electron chi connectivity index (χ1n) is 7.89. The zero-order valence-electron chi connectivity index (χ0n) is 12.5. The zero-order chi connectivity index (χ0) is 14.2. The molecule has 0 unspecified atom stereocenters. The summed E-state index contributed by atoms with van der Waals surface area (Å²) in [6.07, 6.45) is 14.3. The summed E-state index contributed by atoms with van der Waals surface area (Å²) in [5.41, 5.74) is 6.94. The molecule has 0 fully saturated rings. The molecule has 2 aromatic heterocycles. The molecule has 0 aromatic carbocycles. The maximum absolute atomic E-state index is 5.84. The summed E-state index contributed by atoms with van der Waals surface area (Å²) in [7, 11) is 0. The van der Waals surface area contributed by atoms with E-state index in [1.165, 1.54) is 51.4 Å². The lowest BCUT2D eigenvalue weighted by Crippen LogP contribution is -2.00. The predicted molar refractivity (Wildman–Crippen MR) is 84.6 cm³/mol. The van der Waals surface area contributed by atoms with Gasteiger partial charge in [-0.2, -0.15) is 5.10 Å². The first-order valence-corrected chi connectivity index (χ1v) is 7.89. The van der Waals surface area contributed by atoms with Gasteiger partial charge in [-0.05, 0) is 12.5 Å². The number of nitrogen functional groups attached to an aromatic ring is 1. The van der Waals surface area contributed by atoms with Crippen LogP contribution in [-0.4, -0.2) is 14.8 Å². The molecule has 0 spiro atoms. The summed E-state index contributed by atoms with van der Waals surface area (Å²) in [4.78, 5) is 4.09. The first kappa shape index (κ1) is 14.8. The van der Waals surface area contributed by atoms with Gasteiger partial charge in [-0.15, -0.1) is 0 Å². The van der Waals surface area contributed by atoms with Crippen molar-refractivity contribution < 1.29 is 0 Å². The fourth-order valence-electron chi connectivity index (χ4n) is 2.60. The minimum absolute atomic E-state index is 0.574. The number of nitrogens with zero attached hydrogens (tertiary/aromatic N) is 3. The van der Waals surface area contributed by atoms with E-state index in [-0.39, 0.29) is 0 Å². The summed E-state index contributed by atoms with van der Waals surface area (Å²) >= 11 is 0. The molecule has 4 nitrogen and oxygen atoms in total. The topological polar surface area (TPSA) is 56.7 Å². The Kier molecular flexibility index (Phi) is 5.84. The van der Waals surface area contributed by atoms with Crippen molar-refractivity contribution in [3.05, 3.63) is 18.5 Å². The fraction of sp³-hybridized carbons (Fsp3) is 0.625. The number of rotatable bonds is 9. The largest absolute Gasteiger partial charge is 0.383 e. The van der Waals surface area contributed by atoms with Gasteiger partial charge in [0.15, 0.2) is 0 Å². The van der Waals surface area contributed by atoms with Crippen molar-refractivity contribution in [2.75, 3.05) is 5.73 Å². The molecule has 0 saturated carbocycles. The van der Waals surface area contributed by atoms with E-state index < -0.39 is 0 Å². The van der Waals surface area contributed by atoms with Gasteiger partial charge in [0.1, 0.15) is 5.82 Å². The van der Waals surface area contributed by atoms with Crippen LogP contribution in [0.3, 0.4) is 0 Å². The highest BCUT2D eigenvalue weighted by atomic mass is 15.3. The highest BCUT2D eigenvalue weighted by Gasteiger charge is 2.05. The van der Waals surface area contributed by atoms with Gasteiger partial charge in [0.05, 0.1) is 17.1 Å². The number of anilines is 1. The SMILES string of the molecule is CCCCCCCCCCn1ncc2c(N)nccc21. The highest BCUT2D eigenvalue weighted by molar-refractivity contribution is 5.87. The van der Waals surface area contributed by atoms with Gasteiger partial charge in [-0.25, -0.2) is 4.98 Å². The van der Waals surface area contributed by atoms with Crippen molar-refractivity contribution in [2.24, 2.45) is 0 Å². The van der Waals surface area contributed by atoms with Crippen molar-refractivity contribution in [1.29, 1.82) is 0 Å². The van der Waals surface area contributed by atoms with Crippen LogP contribution in [0.15, 0.2) is 18.5 Å². The molecule has 2 rings (SSSR count). The Morgan fingerprint density at radius 2 is 1.75 bits per heavy atom. The molecular weight excluding hydrogens is 248 g/mol. The van der Waals surface area contributed by atoms with E-state index in [1.54, 1.807) is 6.20 Å². The van der Waals surface area contributed by atoms with Gasteiger partial charge >= 0.3 is 0 Å². The van der Waals surface area contributed by atoms with E-state index >= 15 is 0 Å². The number of aromatic nitrogens is 3. The van der Waals surface area contributed by atoms with Crippen LogP contribution in [0, 0.1) is 0 Å². The lowest BCUT2D eigenvalue weighted by atomic mass is 10.1. The summed E-state index contributed by atoms with van der Waals surface area (Å²) < 4.78 is 2.05. The van der Waals surface area contributed by atoms with Crippen molar-refractivity contribution in [3.8, 4) is 0 Å². The van der Waals surface area contributed by atoms with Gasteiger partial charge in [-0.3, -0.25) is 4.68 Å². The Morgan fingerprint density at radius 1 is 1.05 bits per heavy atom. The number of unbranched alkanes of at least 4 members (excludes halogenated alkanes) is 7. The quantitative estimate of drug-likeness (QED) is 0.699. The lowest BCUT2D eigenvalue weighted by Gasteiger charge is -2.04. The number of nitrogens with two attached hydrogens (primary N) is 1. The molecule has 0 aliphatic carbocycles. The lowest BCUT2D eigenvalue weighted by molar-refractivity contribution is 0.528. The average Bonchev–Trinajstić information content (AvgIpc) is 2.87. The van der Waals surface area contributed by atoms with E-state index in [0.717, 1.165) is 17.4 Å². The van der Waals surface area contributed by atoms with Crippen molar-refractivity contribution in [3.63, 3.8) is 0 Å². The molecule has 2 heterocycles. The second-order valence-corrected chi connectivity index (χ2v) is 5.47. The summed E-state index contributed by atoms with van der Waals surface area (Å²) in [6, 6.07) is 1.99. The molecule has 4 heteroatoms. The van der Waals surface area contributed by atoms with Gasteiger partial charge < -0.3 is 5.73 Å². The highest BCUT2D eigenvalue weighted by Crippen LogP contribution is 2.18. The minimum Gasteiger partial charge on any atom is -0.383 e. The normalized spacial score (nSPS) is 11.2. The van der Waals surface area contributed by atoms with Crippen LogP contribution in [0.5, 0.6) is 0 Å². The first-order chi connectivity index (χ1) is 9.83. The van der Waals surface area contributed by atoms with Crippen LogP contribution in [0.25, 0.3) is 10.9 Å². The van der Waals surface area contributed by atoms with Crippen LogP contribution in [0.1, 0.15) is 58.3 Å². The molecule has 0 saturated heterocycles. The second kappa shape index (κ2) is 7.88. The molecule has 20 heavy (non-hydrogen) atoms. The number of hydrogen-bond acceptors (Lipinski definition) is 3. The monoisotopic (exact) mass is 274 g/mol. The third-order valence-corrected chi connectivity index (χ3v) is 3.83.